The van der Waals surface area contributed by atoms with Gasteiger partial charge in [0.25, 0.3) is 0 Å². The van der Waals surface area contributed by atoms with Crippen molar-refractivity contribution < 1.29 is 13.9 Å². The van der Waals surface area contributed by atoms with Crippen LogP contribution in [-0.2, 0) is 0 Å². The molecule has 4 nitrogen and oxygen atoms in total. The molecule has 0 spiro atoms. The normalized spacial score (nSPS) is 29.3. The quantitative estimate of drug-likeness (QED) is 0.848. The molecule has 2 fully saturated rings. The Hall–Kier alpha value is -1.49. The van der Waals surface area contributed by atoms with Gasteiger partial charge in [0.05, 0.1) is 18.9 Å². The molecular formula is C14H17FN2O2. The van der Waals surface area contributed by atoms with Crippen molar-refractivity contribution in [1.82, 2.24) is 10.3 Å². The number of methoxy groups -OCH3 is 1. The molecule has 19 heavy (non-hydrogen) atoms. The van der Waals surface area contributed by atoms with Gasteiger partial charge in [0.15, 0.2) is 5.78 Å². The predicted molar refractivity (Wildman–Crippen MR) is 67.7 cm³/mol. The molecule has 102 valence electrons. The molecular weight excluding hydrogens is 247 g/mol. The summed E-state index contributed by atoms with van der Waals surface area (Å²) in [6.45, 7) is 0. The van der Waals surface area contributed by atoms with Crippen molar-refractivity contribution in [1.29, 1.82) is 0 Å². The number of nitrogens with one attached hydrogen (secondary N) is 1. The Morgan fingerprint density at radius 3 is 2.74 bits per heavy atom. The average molecular weight is 264 g/mol. The Kier molecular flexibility index (Phi) is 3.22. The van der Waals surface area contributed by atoms with Gasteiger partial charge in [-0.3, -0.25) is 4.79 Å². The minimum Gasteiger partial charge on any atom is -0.480 e. The Bertz CT molecular complexity index is 494. The Balaban J connectivity index is 1.85. The van der Waals surface area contributed by atoms with Gasteiger partial charge < -0.3 is 10.1 Å². The first-order chi connectivity index (χ1) is 9.17. The summed E-state index contributed by atoms with van der Waals surface area (Å²) in [4.78, 5) is 16.4. The second-order valence-electron chi connectivity index (χ2n) is 5.38. The number of carbonyl (C=O) groups excluding carboxylic acids is 1. The molecule has 2 atom stereocenters. The summed E-state index contributed by atoms with van der Waals surface area (Å²) in [5.41, 5.74) is 0.272. The van der Waals surface area contributed by atoms with Crippen molar-refractivity contribution in [3.8, 4) is 5.88 Å². The third-order valence-electron chi connectivity index (χ3n) is 4.12. The Morgan fingerprint density at radius 2 is 2.11 bits per heavy atom. The van der Waals surface area contributed by atoms with Gasteiger partial charge >= 0.3 is 0 Å². The highest BCUT2D eigenvalue weighted by atomic mass is 19.1. The number of piperidine rings is 1. The number of rotatable bonds is 3. The number of hydrogen-bond donors (Lipinski definition) is 1. The summed E-state index contributed by atoms with van der Waals surface area (Å²) in [6.07, 6.45) is 4.99. The van der Waals surface area contributed by atoms with E-state index in [4.69, 9.17) is 4.74 Å². The van der Waals surface area contributed by atoms with Crippen LogP contribution in [0.4, 0.5) is 4.39 Å². The molecule has 3 rings (SSSR count). The van der Waals surface area contributed by atoms with Crippen LogP contribution in [0, 0.1) is 11.7 Å². The van der Waals surface area contributed by atoms with E-state index in [-0.39, 0.29) is 23.1 Å². The molecule has 5 heteroatoms. The molecule has 1 N–H and O–H groups in total. The van der Waals surface area contributed by atoms with Crippen LogP contribution in [0.3, 0.4) is 0 Å². The van der Waals surface area contributed by atoms with E-state index in [2.05, 4.69) is 10.3 Å². The number of nitrogens with zero attached hydrogens (tertiary/aromatic N) is 1. The fourth-order valence-electron chi connectivity index (χ4n) is 3.26. The van der Waals surface area contributed by atoms with Crippen LogP contribution in [0.15, 0.2) is 12.3 Å². The number of fused-ring (bicyclic) bond motifs is 2. The van der Waals surface area contributed by atoms with Crippen molar-refractivity contribution in [3.63, 3.8) is 0 Å². The predicted octanol–water partition coefficient (Wildman–Crippen LogP) is 1.94. The second kappa shape index (κ2) is 4.89. The maximum atomic E-state index is 13.3. The number of aromatic nitrogens is 1. The molecule has 1 aromatic heterocycles. The molecule has 2 saturated heterocycles. The average Bonchev–Trinajstić information content (AvgIpc) is 2.76. The van der Waals surface area contributed by atoms with E-state index >= 15 is 0 Å². The zero-order chi connectivity index (χ0) is 13.4. The van der Waals surface area contributed by atoms with E-state index < -0.39 is 5.82 Å². The van der Waals surface area contributed by atoms with Crippen LogP contribution in [0.2, 0.25) is 0 Å². The molecule has 0 radical (unpaired) electrons. The van der Waals surface area contributed by atoms with Gasteiger partial charge in [0.1, 0.15) is 5.82 Å². The van der Waals surface area contributed by atoms with E-state index in [1.807, 2.05) is 0 Å². The summed E-state index contributed by atoms with van der Waals surface area (Å²) in [5, 5.41) is 3.49. The zero-order valence-corrected chi connectivity index (χ0v) is 10.9. The Labute approximate surface area is 111 Å². The van der Waals surface area contributed by atoms with Gasteiger partial charge in [0.2, 0.25) is 5.88 Å². The van der Waals surface area contributed by atoms with Gasteiger partial charge in [-0.05, 0) is 31.7 Å². The molecule has 2 aliphatic rings. The lowest BCUT2D eigenvalue weighted by Crippen LogP contribution is -2.40. The van der Waals surface area contributed by atoms with Crippen LogP contribution < -0.4 is 10.1 Å². The van der Waals surface area contributed by atoms with Crippen molar-refractivity contribution in [2.75, 3.05) is 7.11 Å². The first-order valence-corrected chi connectivity index (χ1v) is 6.67. The first kappa shape index (κ1) is 12.5. The second-order valence-corrected chi connectivity index (χ2v) is 5.38. The molecule has 2 unspecified atom stereocenters. The van der Waals surface area contributed by atoms with Gasteiger partial charge in [-0.25, -0.2) is 9.37 Å². The number of ketones is 1. The number of pyridine rings is 1. The molecule has 2 bridgehead atoms. The minimum atomic E-state index is -0.499. The van der Waals surface area contributed by atoms with Crippen molar-refractivity contribution >= 4 is 5.78 Å². The molecule has 3 heterocycles. The van der Waals surface area contributed by atoms with Crippen LogP contribution in [0.5, 0.6) is 5.88 Å². The van der Waals surface area contributed by atoms with Gasteiger partial charge in [-0.1, -0.05) is 0 Å². The maximum Gasteiger partial charge on any atom is 0.224 e. The first-order valence-electron chi connectivity index (χ1n) is 6.67. The number of ether oxygens (including phenoxy) is 1. The van der Waals surface area contributed by atoms with E-state index in [0.717, 1.165) is 31.9 Å². The lowest BCUT2D eigenvalue weighted by molar-refractivity contribution is 0.0871. The van der Waals surface area contributed by atoms with Crippen LogP contribution in [0.25, 0.3) is 0 Å². The number of carbonyl (C=O) groups is 1. The van der Waals surface area contributed by atoms with E-state index in [1.54, 1.807) is 0 Å². The standard InChI is InChI=1S/C14H17FN2O2/c1-19-14-12(6-9(15)7-16-14)13(18)8-4-10-2-3-11(5-8)17-10/h6-8,10-11,17H,2-5H2,1H3. The highest BCUT2D eigenvalue weighted by molar-refractivity contribution is 6.00. The van der Waals surface area contributed by atoms with Gasteiger partial charge in [-0.15, -0.1) is 0 Å². The zero-order valence-electron chi connectivity index (χ0n) is 10.9. The van der Waals surface area contributed by atoms with Crippen molar-refractivity contribution in [2.24, 2.45) is 5.92 Å². The summed E-state index contributed by atoms with van der Waals surface area (Å²) in [5.74, 6) is -0.364. The highest BCUT2D eigenvalue weighted by Gasteiger charge is 2.37. The number of Topliss-reactive ketones (excluding diaryl/α,β-unsaturated/α-hetero) is 1. The molecule has 0 amide bonds. The lowest BCUT2D eigenvalue weighted by atomic mass is 9.86. The topological polar surface area (TPSA) is 51.2 Å². The fraction of sp³-hybridized carbons (Fsp3) is 0.571. The van der Waals surface area contributed by atoms with Crippen LogP contribution >= 0.6 is 0 Å². The third-order valence-corrected chi connectivity index (χ3v) is 4.12. The van der Waals surface area contributed by atoms with Gasteiger partial charge in [-0.2, -0.15) is 0 Å². The molecule has 0 aliphatic carbocycles. The summed E-state index contributed by atoms with van der Waals surface area (Å²) < 4.78 is 18.4. The molecule has 2 aliphatic heterocycles. The summed E-state index contributed by atoms with van der Waals surface area (Å²) >= 11 is 0. The highest BCUT2D eigenvalue weighted by Crippen LogP contribution is 2.34. The van der Waals surface area contributed by atoms with E-state index in [0.29, 0.717) is 12.1 Å². The van der Waals surface area contributed by atoms with Crippen molar-refractivity contribution in [2.45, 2.75) is 37.8 Å². The number of halogens is 1. The number of hydrogen-bond acceptors (Lipinski definition) is 4. The van der Waals surface area contributed by atoms with Crippen molar-refractivity contribution in [3.05, 3.63) is 23.6 Å². The summed E-state index contributed by atoms with van der Waals surface area (Å²) in [7, 11) is 1.45. The molecule has 0 saturated carbocycles. The minimum absolute atomic E-state index is 0.0396. The largest absolute Gasteiger partial charge is 0.480 e. The smallest absolute Gasteiger partial charge is 0.224 e. The fourth-order valence-corrected chi connectivity index (χ4v) is 3.26. The molecule has 1 aromatic rings. The maximum absolute atomic E-state index is 13.3. The van der Waals surface area contributed by atoms with Crippen LogP contribution in [0.1, 0.15) is 36.0 Å². The monoisotopic (exact) mass is 264 g/mol. The van der Waals surface area contributed by atoms with E-state index in [9.17, 15) is 9.18 Å². The Morgan fingerprint density at radius 1 is 1.42 bits per heavy atom. The molecule has 0 aromatic carbocycles. The van der Waals surface area contributed by atoms with Gasteiger partial charge in [0, 0.05) is 18.0 Å². The van der Waals surface area contributed by atoms with E-state index in [1.165, 1.54) is 13.2 Å². The summed E-state index contributed by atoms with van der Waals surface area (Å²) in [6, 6.07) is 2.10. The lowest BCUT2D eigenvalue weighted by Gasteiger charge is -2.28. The third kappa shape index (κ3) is 2.34. The van der Waals surface area contributed by atoms with Crippen LogP contribution in [-0.4, -0.2) is 30.0 Å². The SMILES string of the molecule is COc1ncc(F)cc1C(=O)C1CC2CCC(C1)N2.